The zero-order valence-electron chi connectivity index (χ0n) is 11.1. The normalized spacial score (nSPS) is 12.9. The van der Waals surface area contributed by atoms with Gasteiger partial charge in [-0.05, 0) is 17.5 Å². The highest BCUT2D eigenvalue weighted by atomic mass is 35.5. The van der Waals surface area contributed by atoms with E-state index in [0.29, 0.717) is 12.1 Å². The van der Waals surface area contributed by atoms with Crippen molar-refractivity contribution in [2.24, 2.45) is 5.41 Å². The van der Waals surface area contributed by atoms with Crippen LogP contribution in [0.1, 0.15) is 31.1 Å². The molecule has 0 aromatic heterocycles. The number of hydrogen-bond donors (Lipinski definition) is 2. The highest BCUT2D eigenvalue weighted by molar-refractivity contribution is 6.33. The number of rotatable bonds is 3. The van der Waals surface area contributed by atoms with Gasteiger partial charge in [0, 0.05) is 0 Å². The van der Waals surface area contributed by atoms with Gasteiger partial charge in [0.05, 0.1) is 10.6 Å². The van der Waals surface area contributed by atoms with Gasteiger partial charge in [0.1, 0.15) is 6.04 Å². The van der Waals surface area contributed by atoms with E-state index in [-0.39, 0.29) is 10.6 Å². The predicted molar refractivity (Wildman–Crippen MR) is 69.7 cm³/mol. The second-order valence-corrected chi connectivity index (χ2v) is 5.76. The Morgan fingerprint density at radius 2 is 1.75 bits per heavy atom. The number of carbonyl (C=O) groups is 2. The van der Waals surface area contributed by atoms with E-state index < -0.39 is 35.0 Å². The van der Waals surface area contributed by atoms with Crippen molar-refractivity contribution in [3.05, 3.63) is 34.4 Å². The first-order valence-corrected chi connectivity index (χ1v) is 6.10. The molecular formula is C13H14ClF2NO3. The largest absolute Gasteiger partial charge is 0.480 e. The number of carboxylic acid groups (broad SMARTS) is 1. The molecule has 1 amide bonds. The van der Waals surface area contributed by atoms with E-state index in [1.165, 1.54) is 0 Å². The zero-order valence-corrected chi connectivity index (χ0v) is 11.9. The van der Waals surface area contributed by atoms with Crippen LogP contribution in [0.5, 0.6) is 0 Å². The summed E-state index contributed by atoms with van der Waals surface area (Å²) in [4.78, 5) is 23.1. The van der Waals surface area contributed by atoms with Crippen molar-refractivity contribution < 1.29 is 23.5 Å². The fraction of sp³-hybridized carbons (Fsp3) is 0.385. The van der Waals surface area contributed by atoms with Gasteiger partial charge >= 0.3 is 5.97 Å². The molecule has 0 saturated carbocycles. The molecule has 2 N–H and O–H groups in total. The minimum Gasteiger partial charge on any atom is -0.480 e. The fourth-order valence-corrected chi connectivity index (χ4v) is 1.79. The van der Waals surface area contributed by atoms with Gasteiger partial charge in [-0.25, -0.2) is 13.6 Å². The molecule has 1 aromatic rings. The molecule has 0 bridgehead atoms. The van der Waals surface area contributed by atoms with Gasteiger partial charge in [-0.2, -0.15) is 0 Å². The van der Waals surface area contributed by atoms with Gasteiger partial charge in [-0.1, -0.05) is 32.4 Å². The van der Waals surface area contributed by atoms with Crippen LogP contribution in [0.2, 0.25) is 5.02 Å². The highest BCUT2D eigenvalue weighted by Gasteiger charge is 2.33. The topological polar surface area (TPSA) is 66.4 Å². The van der Waals surface area contributed by atoms with Gasteiger partial charge in [0.2, 0.25) is 0 Å². The first-order valence-electron chi connectivity index (χ1n) is 5.72. The quantitative estimate of drug-likeness (QED) is 0.844. The molecule has 1 rings (SSSR count). The van der Waals surface area contributed by atoms with E-state index >= 15 is 0 Å². The summed E-state index contributed by atoms with van der Waals surface area (Å²) in [7, 11) is 0. The van der Waals surface area contributed by atoms with E-state index in [1.807, 2.05) is 0 Å². The summed E-state index contributed by atoms with van der Waals surface area (Å²) in [6, 6.07) is 0.104. The first-order chi connectivity index (χ1) is 9.04. The lowest BCUT2D eigenvalue weighted by Gasteiger charge is -2.27. The second kappa shape index (κ2) is 5.75. The minimum absolute atomic E-state index is 0.292. The van der Waals surface area contributed by atoms with Crippen molar-refractivity contribution in [1.82, 2.24) is 5.32 Å². The lowest BCUT2D eigenvalue weighted by Crippen LogP contribution is -2.49. The number of hydrogen-bond acceptors (Lipinski definition) is 2. The summed E-state index contributed by atoms with van der Waals surface area (Å²) < 4.78 is 26.0. The van der Waals surface area contributed by atoms with Gasteiger partial charge in [0.25, 0.3) is 5.91 Å². The molecule has 0 aliphatic carbocycles. The molecule has 0 unspecified atom stereocenters. The lowest BCUT2D eigenvalue weighted by molar-refractivity contribution is -0.142. The van der Waals surface area contributed by atoms with Crippen molar-refractivity contribution in [3.63, 3.8) is 0 Å². The van der Waals surface area contributed by atoms with Crippen molar-refractivity contribution >= 4 is 23.5 Å². The van der Waals surface area contributed by atoms with Gasteiger partial charge in [0.15, 0.2) is 11.6 Å². The van der Waals surface area contributed by atoms with Crippen LogP contribution < -0.4 is 5.32 Å². The average Bonchev–Trinajstić information content (AvgIpc) is 2.28. The summed E-state index contributed by atoms with van der Waals surface area (Å²) in [6.45, 7) is 4.87. The van der Waals surface area contributed by atoms with Gasteiger partial charge in [-0.15, -0.1) is 0 Å². The third-order valence-electron chi connectivity index (χ3n) is 2.64. The van der Waals surface area contributed by atoms with Crippen LogP contribution in [0.25, 0.3) is 0 Å². The summed E-state index contributed by atoms with van der Waals surface area (Å²) in [5, 5.41) is 11.0. The van der Waals surface area contributed by atoms with Crippen LogP contribution >= 0.6 is 11.6 Å². The maximum atomic E-state index is 13.1. The van der Waals surface area contributed by atoms with E-state index in [1.54, 1.807) is 20.8 Å². The lowest BCUT2D eigenvalue weighted by atomic mass is 9.86. The van der Waals surface area contributed by atoms with Crippen LogP contribution in [0, 0.1) is 17.0 Å². The Hall–Kier alpha value is -1.69. The zero-order chi connectivity index (χ0) is 15.7. The average molecular weight is 306 g/mol. The van der Waals surface area contributed by atoms with Crippen LogP contribution in [-0.2, 0) is 4.79 Å². The number of aliphatic carboxylic acids is 1. The van der Waals surface area contributed by atoms with Crippen molar-refractivity contribution in [3.8, 4) is 0 Å². The third-order valence-corrected chi connectivity index (χ3v) is 2.96. The summed E-state index contributed by atoms with van der Waals surface area (Å²) in [5.74, 6) is -4.53. The summed E-state index contributed by atoms with van der Waals surface area (Å²) >= 11 is 5.66. The molecule has 110 valence electrons. The number of halogens is 3. The third kappa shape index (κ3) is 3.66. The highest BCUT2D eigenvalue weighted by Crippen LogP contribution is 2.23. The number of benzene rings is 1. The molecular weight excluding hydrogens is 292 g/mol. The number of nitrogens with one attached hydrogen (secondary N) is 1. The van der Waals surface area contributed by atoms with Crippen molar-refractivity contribution in [2.75, 3.05) is 0 Å². The Morgan fingerprint density at radius 3 is 2.20 bits per heavy atom. The fourth-order valence-electron chi connectivity index (χ4n) is 1.55. The van der Waals surface area contributed by atoms with E-state index in [4.69, 9.17) is 16.7 Å². The molecule has 0 aliphatic rings. The molecule has 20 heavy (non-hydrogen) atoms. The maximum Gasteiger partial charge on any atom is 0.326 e. The van der Waals surface area contributed by atoms with Crippen LogP contribution in [0.15, 0.2) is 12.1 Å². The Labute approximate surface area is 119 Å². The Bertz CT molecular complexity index is 555. The minimum atomic E-state index is -1.23. The standard InChI is InChI=1S/C13H14ClF2NO3/c1-13(2,3)10(12(19)20)17-11(18)6-4-8(15)9(16)5-7(6)14/h4-5,10H,1-3H3,(H,17,18)(H,19,20)/t10-/m1/s1. The SMILES string of the molecule is CC(C)(C)[C@H](NC(=O)c1cc(F)c(F)cc1Cl)C(=O)O. The van der Waals surface area contributed by atoms with Crippen molar-refractivity contribution in [1.29, 1.82) is 0 Å². The van der Waals surface area contributed by atoms with Gasteiger partial charge in [-0.3, -0.25) is 4.79 Å². The Kier molecular flexibility index (Phi) is 4.70. The number of amides is 1. The molecule has 4 nitrogen and oxygen atoms in total. The van der Waals surface area contributed by atoms with E-state index in [2.05, 4.69) is 5.32 Å². The smallest absolute Gasteiger partial charge is 0.326 e. The van der Waals surface area contributed by atoms with Crippen LogP contribution in [0.4, 0.5) is 8.78 Å². The summed E-state index contributed by atoms with van der Waals surface area (Å²) in [6.07, 6.45) is 0. The second-order valence-electron chi connectivity index (χ2n) is 5.36. The molecule has 0 radical (unpaired) electrons. The monoisotopic (exact) mass is 305 g/mol. The van der Waals surface area contributed by atoms with E-state index in [0.717, 1.165) is 0 Å². The molecule has 1 aromatic carbocycles. The van der Waals surface area contributed by atoms with Crippen molar-refractivity contribution in [2.45, 2.75) is 26.8 Å². The number of carboxylic acids is 1. The number of carbonyl (C=O) groups excluding carboxylic acids is 1. The Balaban J connectivity index is 3.07. The predicted octanol–water partition coefficient (Wildman–Crippen LogP) is 2.85. The molecule has 0 spiro atoms. The Morgan fingerprint density at radius 1 is 1.25 bits per heavy atom. The van der Waals surface area contributed by atoms with Gasteiger partial charge < -0.3 is 10.4 Å². The summed E-state index contributed by atoms with van der Waals surface area (Å²) in [5.41, 5.74) is -1.08. The van der Waals surface area contributed by atoms with Crippen LogP contribution in [-0.4, -0.2) is 23.0 Å². The van der Waals surface area contributed by atoms with E-state index in [9.17, 15) is 18.4 Å². The molecule has 0 heterocycles. The maximum absolute atomic E-state index is 13.1. The molecule has 0 saturated heterocycles. The molecule has 0 aliphatic heterocycles. The van der Waals surface area contributed by atoms with Crippen LogP contribution in [0.3, 0.4) is 0 Å². The molecule has 1 atom stereocenters. The molecule has 7 heteroatoms. The first kappa shape index (κ1) is 16.4. The molecule has 0 fully saturated rings.